The van der Waals surface area contributed by atoms with Gasteiger partial charge in [-0.3, -0.25) is 4.98 Å². The van der Waals surface area contributed by atoms with Crippen molar-refractivity contribution in [3.8, 4) is 0 Å². The Morgan fingerprint density at radius 3 is 2.42 bits per heavy atom. The largest absolute Gasteiger partial charge is 0.344 e. The molecule has 64 valence electrons. The molecule has 0 amide bonds. The second-order valence-corrected chi connectivity index (χ2v) is 2.88. The van der Waals surface area contributed by atoms with E-state index in [1.54, 1.807) is 12.4 Å². The zero-order chi connectivity index (χ0) is 8.44. The van der Waals surface area contributed by atoms with Crippen LogP contribution in [0.4, 0.5) is 0 Å². The lowest BCUT2D eigenvalue weighted by Crippen LogP contribution is -2.22. The topological polar surface area (TPSA) is 31.4 Å². The van der Waals surface area contributed by atoms with Crippen molar-refractivity contribution in [1.82, 2.24) is 4.98 Å². The molecular formula is C9H11NO2. The first-order valence-electron chi connectivity index (χ1n) is 4.00. The number of nitrogens with zero attached hydrogens (tertiary/aromatic N) is 1. The first-order valence-corrected chi connectivity index (χ1v) is 4.00. The van der Waals surface area contributed by atoms with Crippen molar-refractivity contribution in [1.29, 1.82) is 0 Å². The second kappa shape index (κ2) is 2.84. The molecule has 1 aliphatic heterocycles. The molecule has 0 aromatic carbocycles. The van der Waals surface area contributed by atoms with Crippen LogP contribution in [0.3, 0.4) is 0 Å². The maximum Gasteiger partial charge on any atom is 0.192 e. The Kier molecular flexibility index (Phi) is 1.83. The molecule has 1 saturated heterocycles. The molecule has 12 heavy (non-hydrogen) atoms. The van der Waals surface area contributed by atoms with Crippen LogP contribution in [-0.2, 0) is 15.3 Å². The lowest BCUT2D eigenvalue weighted by molar-refractivity contribution is -0.149. The average molecular weight is 165 g/mol. The fourth-order valence-corrected chi connectivity index (χ4v) is 1.34. The van der Waals surface area contributed by atoms with Gasteiger partial charge in [-0.2, -0.15) is 0 Å². The summed E-state index contributed by atoms with van der Waals surface area (Å²) in [5.74, 6) is -0.553. The normalized spacial score (nSPS) is 21.1. The van der Waals surface area contributed by atoms with Gasteiger partial charge in [0, 0.05) is 18.0 Å². The third-order valence-electron chi connectivity index (χ3n) is 2.04. The van der Waals surface area contributed by atoms with Gasteiger partial charge in [0.25, 0.3) is 0 Å². The zero-order valence-electron chi connectivity index (χ0n) is 6.99. The van der Waals surface area contributed by atoms with E-state index in [4.69, 9.17) is 9.47 Å². The number of pyridine rings is 1. The first kappa shape index (κ1) is 7.71. The summed E-state index contributed by atoms with van der Waals surface area (Å²) in [6.45, 7) is 3.26. The maximum atomic E-state index is 5.48. The molecule has 1 aromatic rings. The molecule has 1 aromatic heterocycles. The Hall–Kier alpha value is -0.930. The van der Waals surface area contributed by atoms with Gasteiger partial charge in [-0.1, -0.05) is 0 Å². The van der Waals surface area contributed by atoms with Crippen molar-refractivity contribution in [3.05, 3.63) is 30.1 Å². The van der Waals surface area contributed by atoms with Gasteiger partial charge in [-0.15, -0.1) is 0 Å². The van der Waals surface area contributed by atoms with Crippen LogP contribution in [0.1, 0.15) is 12.5 Å². The molecule has 0 aliphatic carbocycles. The average Bonchev–Trinajstić information content (AvgIpc) is 2.55. The van der Waals surface area contributed by atoms with Crippen molar-refractivity contribution in [2.75, 3.05) is 13.2 Å². The van der Waals surface area contributed by atoms with Crippen molar-refractivity contribution in [2.45, 2.75) is 12.7 Å². The molecule has 3 heteroatoms. The molecule has 3 nitrogen and oxygen atoms in total. The summed E-state index contributed by atoms with van der Waals surface area (Å²) in [7, 11) is 0. The number of hydrogen-bond donors (Lipinski definition) is 0. The molecule has 0 N–H and O–H groups in total. The highest BCUT2D eigenvalue weighted by Gasteiger charge is 2.32. The van der Waals surface area contributed by atoms with Gasteiger partial charge in [0.15, 0.2) is 5.79 Å². The van der Waals surface area contributed by atoms with Gasteiger partial charge in [0.05, 0.1) is 13.2 Å². The fourth-order valence-electron chi connectivity index (χ4n) is 1.34. The van der Waals surface area contributed by atoms with E-state index >= 15 is 0 Å². The molecule has 0 saturated carbocycles. The van der Waals surface area contributed by atoms with Gasteiger partial charge >= 0.3 is 0 Å². The Morgan fingerprint density at radius 2 is 1.83 bits per heavy atom. The van der Waals surface area contributed by atoms with Crippen molar-refractivity contribution >= 4 is 0 Å². The van der Waals surface area contributed by atoms with Crippen LogP contribution in [0.15, 0.2) is 24.5 Å². The van der Waals surface area contributed by atoms with E-state index in [0.717, 1.165) is 5.56 Å². The summed E-state index contributed by atoms with van der Waals surface area (Å²) in [5.41, 5.74) is 1.02. The molecule has 2 rings (SSSR count). The van der Waals surface area contributed by atoms with E-state index in [0.29, 0.717) is 13.2 Å². The summed E-state index contributed by atoms with van der Waals surface area (Å²) >= 11 is 0. The third kappa shape index (κ3) is 1.21. The van der Waals surface area contributed by atoms with Gasteiger partial charge in [0.1, 0.15) is 0 Å². The van der Waals surface area contributed by atoms with Crippen LogP contribution in [-0.4, -0.2) is 18.2 Å². The predicted molar refractivity (Wildman–Crippen MR) is 43.5 cm³/mol. The minimum absolute atomic E-state index is 0.553. The minimum atomic E-state index is -0.553. The third-order valence-corrected chi connectivity index (χ3v) is 2.04. The van der Waals surface area contributed by atoms with Crippen LogP contribution in [0, 0.1) is 0 Å². The SMILES string of the molecule is CC1(c2ccncc2)OCCO1. The Bertz CT molecular complexity index is 254. The highest BCUT2D eigenvalue weighted by atomic mass is 16.7. The lowest BCUT2D eigenvalue weighted by atomic mass is 10.1. The number of rotatable bonds is 1. The summed E-state index contributed by atoms with van der Waals surface area (Å²) in [6.07, 6.45) is 3.48. The van der Waals surface area contributed by atoms with Crippen molar-refractivity contribution in [3.63, 3.8) is 0 Å². The molecule has 1 fully saturated rings. The molecule has 0 unspecified atom stereocenters. The predicted octanol–water partition coefficient (Wildman–Crippen LogP) is 1.30. The summed E-state index contributed by atoms with van der Waals surface area (Å²) < 4.78 is 11.0. The second-order valence-electron chi connectivity index (χ2n) is 2.88. The smallest absolute Gasteiger partial charge is 0.192 e. The van der Waals surface area contributed by atoms with Crippen molar-refractivity contribution in [2.24, 2.45) is 0 Å². The van der Waals surface area contributed by atoms with Gasteiger partial charge < -0.3 is 9.47 Å². The number of hydrogen-bond acceptors (Lipinski definition) is 3. The van der Waals surface area contributed by atoms with Gasteiger partial charge in [-0.05, 0) is 19.1 Å². The quantitative estimate of drug-likeness (QED) is 0.628. The summed E-state index contributed by atoms with van der Waals surface area (Å²) in [4.78, 5) is 3.94. The molecular weight excluding hydrogens is 154 g/mol. The number of ether oxygens (including phenoxy) is 2. The van der Waals surface area contributed by atoms with E-state index in [2.05, 4.69) is 4.98 Å². The Balaban J connectivity index is 2.29. The van der Waals surface area contributed by atoms with E-state index in [-0.39, 0.29) is 0 Å². The van der Waals surface area contributed by atoms with Crippen LogP contribution < -0.4 is 0 Å². The number of aromatic nitrogens is 1. The highest BCUT2D eigenvalue weighted by molar-refractivity contribution is 5.16. The monoisotopic (exact) mass is 165 g/mol. The van der Waals surface area contributed by atoms with Crippen molar-refractivity contribution < 1.29 is 9.47 Å². The van der Waals surface area contributed by atoms with Crippen LogP contribution in [0.25, 0.3) is 0 Å². The first-order chi connectivity index (χ1) is 5.81. The lowest BCUT2D eigenvalue weighted by Gasteiger charge is -2.21. The molecule has 0 atom stereocenters. The Labute approximate surface area is 71.3 Å². The molecule has 2 heterocycles. The maximum absolute atomic E-state index is 5.48. The van der Waals surface area contributed by atoms with E-state index in [9.17, 15) is 0 Å². The molecule has 1 aliphatic rings. The van der Waals surface area contributed by atoms with E-state index in [1.165, 1.54) is 0 Å². The minimum Gasteiger partial charge on any atom is -0.344 e. The van der Waals surface area contributed by atoms with Gasteiger partial charge in [0.2, 0.25) is 0 Å². The van der Waals surface area contributed by atoms with Crippen LogP contribution in [0.5, 0.6) is 0 Å². The standard InChI is InChI=1S/C9H11NO2/c1-9(11-6-7-12-9)8-2-4-10-5-3-8/h2-5H,6-7H2,1H3. The van der Waals surface area contributed by atoms with Crippen LogP contribution >= 0.6 is 0 Å². The van der Waals surface area contributed by atoms with E-state index in [1.807, 2.05) is 19.1 Å². The summed E-state index contributed by atoms with van der Waals surface area (Å²) in [6, 6.07) is 3.82. The fraction of sp³-hybridized carbons (Fsp3) is 0.444. The van der Waals surface area contributed by atoms with Gasteiger partial charge in [-0.25, -0.2) is 0 Å². The summed E-state index contributed by atoms with van der Waals surface area (Å²) in [5, 5.41) is 0. The molecule has 0 bridgehead atoms. The van der Waals surface area contributed by atoms with E-state index < -0.39 is 5.79 Å². The molecule has 0 radical (unpaired) electrons. The highest BCUT2D eigenvalue weighted by Crippen LogP contribution is 2.29. The Morgan fingerprint density at radius 1 is 1.25 bits per heavy atom. The molecule has 0 spiro atoms. The van der Waals surface area contributed by atoms with Crippen LogP contribution in [0.2, 0.25) is 0 Å². The zero-order valence-corrected chi connectivity index (χ0v) is 6.99.